The Hall–Kier alpha value is -0.900. The summed E-state index contributed by atoms with van der Waals surface area (Å²) in [7, 11) is 0. The van der Waals surface area contributed by atoms with Gasteiger partial charge in [0.05, 0.1) is 6.04 Å². The van der Waals surface area contributed by atoms with E-state index in [1.54, 1.807) is 0 Å². The van der Waals surface area contributed by atoms with Gasteiger partial charge in [-0.15, -0.1) is 0 Å². The normalized spacial score (nSPS) is 19.2. The highest BCUT2D eigenvalue weighted by Gasteiger charge is 2.33. The molecule has 0 bridgehead atoms. The van der Waals surface area contributed by atoms with Crippen molar-refractivity contribution >= 4 is 0 Å². The monoisotopic (exact) mass is 209 g/mol. The van der Waals surface area contributed by atoms with Gasteiger partial charge < -0.3 is 10.3 Å². The van der Waals surface area contributed by atoms with Crippen molar-refractivity contribution in [2.75, 3.05) is 0 Å². The summed E-state index contributed by atoms with van der Waals surface area (Å²) in [4.78, 5) is 4.35. The van der Waals surface area contributed by atoms with Gasteiger partial charge in [-0.05, 0) is 24.2 Å². The van der Waals surface area contributed by atoms with Crippen molar-refractivity contribution in [2.24, 2.45) is 17.1 Å². The van der Waals surface area contributed by atoms with Crippen LogP contribution in [0.1, 0.15) is 51.4 Å². The lowest BCUT2D eigenvalue weighted by atomic mass is 9.92. The molecule has 15 heavy (non-hydrogen) atoms. The third-order valence-electron chi connectivity index (χ3n) is 2.59. The van der Waals surface area contributed by atoms with Gasteiger partial charge in [0, 0.05) is 6.42 Å². The predicted octanol–water partition coefficient (Wildman–Crippen LogP) is 2.07. The zero-order valence-electron chi connectivity index (χ0n) is 9.66. The number of nitrogens with two attached hydrogens (primary N) is 1. The standard InChI is InChI=1S/C11H19N3O/c1-11(2,3)6-8-13-10(15-14-8)9(12)7-4-5-7/h7,9H,4-6,12H2,1-3H3. The van der Waals surface area contributed by atoms with Gasteiger partial charge in [-0.2, -0.15) is 4.98 Å². The van der Waals surface area contributed by atoms with Crippen molar-refractivity contribution in [3.05, 3.63) is 11.7 Å². The van der Waals surface area contributed by atoms with Crippen molar-refractivity contribution in [3.63, 3.8) is 0 Å². The molecule has 1 aliphatic rings. The zero-order chi connectivity index (χ0) is 11.1. The Kier molecular flexibility index (Phi) is 2.54. The Labute approximate surface area is 90.2 Å². The van der Waals surface area contributed by atoms with Gasteiger partial charge in [-0.3, -0.25) is 0 Å². The first-order valence-electron chi connectivity index (χ1n) is 5.54. The van der Waals surface area contributed by atoms with E-state index in [1.165, 1.54) is 12.8 Å². The molecule has 1 aromatic rings. The van der Waals surface area contributed by atoms with E-state index in [2.05, 4.69) is 30.9 Å². The molecule has 1 fully saturated rings. The van der Waals surface area contributed by atoms with Gasteiger partial charge >= 0.3 is 0 Å². The minimum atomic E-state index is -0.0498. The smallest absolute Gasteiger partial charge is 0.243 e. The van der Waals surface area contributed by atoms with Crippen LogP contribution in [0, 0.1) is 11.3 Å². The lowest BCUT2D eigenvalue weighted by Crippen LogP contribution is -2.14. The lowest BCUT2D eigenvalue weighted by molar-refractivity contribution is 0.332. The number of hydrogen-bond acceptors (Lipinski definition) is 4. The van der Waals surface area contributed by atoms with Crippen molar-refractivity contribution in [1.29, 1.82) is 0 Å². The van der Waals surface area contributed by atoms with Gasteiger partial charge in [0.15, 0.2) is 5.82 Å². The van der Waals surface area contributed by atoms with E-state index >= 15 is 0 Å². The average Bonchev–Trinajstić information content (AvgIpc) is 2.85. The number of rotatable bonds is 3. The SMILES string of the molecule is CC(C)(C)Cc1noc(C(N)C2CC2)n1. The third kappa shape index (κ3) is 2.78. The van der Waals surface area contributed by atoms with Crippen LogP contribution < -0.4 is 5.73 Å². The van der Waals surface area contributed by atoms with E-state index in [0.29, 0.717) is 11.8 Å². The predicted molar refractivity (Wildman–Crippen MR) is 57.1 cm³/mol. The van der Waals surface area contributed by atoms with E-state index in [0.717, 1.165) is 12.2 Å². The van der Waals surface area contributed by atoms with Crippen molar-refractivity contribution in [1.82, 2.24) is 10.1 Å². The summed E-state index contributed by atoms with van der Waals surface area (Å²) in [5, 5.41) is 3.97. The molecule has 2 N–H and O–H groups in total. The van der Waals surface area contributed by atoms with Crippen LogP contribution in [0.3, 0.4) is 0 Å². The number of hydrogen-bond donors (Lipinski definition) is 1. The summed E-state index contributed by atoms with van der Waals surface area (Å²) in [5.41, 5.74) is 6.17. The first kappa shape index (κ1) is 10.6. The largest absolute Gasteiger partial charge is 0.338 e. The van der Waals surface area contributed by atoms with E-state index in [9.17, 15) is 0 Å². The van der Waals surface area contributed by atoms with Crippen LogP contribution in [0.2, 0.25) is 0 Å². The average molecular weight is 209 g/mol. The lowest BCUT2D eigenvalue weighted by Gasteiger charge is -2.14. The fourth-order valence-corrected chi connectivity index (χ4v) is 1.61. The fourth-order valence-electron chi connectivity index (χ4n) is 1.61. The minimum absolute atomic E-state index is 0.0498. The Balaban J connectivity index is 2.03. The Morgan fingerprint density at radius 2 is 2.13 bits per heavy atom. The second-order valence-electron chi connectivity index (χ2n) is 5.65. The molecule has 0 spiro atoms. The molecule has 0 saturated heterocycles. The maximum Gasteiger partial charge on any atom is 0.243 e. The van der Waals surface area contributed by atoms with Gasteiger partial charge in [-0.1, -0.05) is 25.9 Å². The van der Waals surface area contributed by atoms with Gasteiger partial charge in [0.25, 0.3) is 0 Å². The van der Waals surface area contributed by atoms with Crippen molar-refractivity contribution < 1.29 is 4.52 Å². The van der Waals surface area contributed by atoms with E-state index < -0.39 is 0 Å². The fraction of sp³-hybridized carbons (Fsp3) is 0.818. The third-order valence-corrected chi connectivity index (χ3v) is 2.59. The van der Waals surface area contributed by atoms with Crippen molar-refractivity contribution in [2.45, 2.75) is 46.1 Å². The number of aromatic nitrogens is 2. The van der Waals surface area contributed by atoms with Gasteiger partial charge in [0.1, 0.15) is 0 Å². The van der Waals surface area contributed by atoms with Gasteiger partial charge in [0.2, 0.25) is 5.89 Å². The Bertz CT molecular complexity index is 336. The van der Waals surface area contributed by atoms with Crippen LogP contribution in [0.25, 0.3) is 0 Å². The summed E-state index contributed by atoms with van der Waals surface area (Å²) in [6.45, 7) is 6.47. The molecule has 0 amide bonds. The van der Waals surface area contributed by atoms with Crippen LogP contribution in [-0.2, 0) is 6.42 Å². The van der Waals surface area contributed by atoms with Crippen LogP contribution in [0.4, 0.5) is 0 Å². The highest BCUT2D eigenvalue weighted by atomic mass is 16.5. The summed E-state index contributed by atoms with van der Waals surface area (Å²) >= 11 is 0. The molecule has 0 aromatic carbocycles. The molecule has 1 unspecified atom stereocenters. The molecule has 1 aromatic heterocycles. The summed E-state index contributed by atoms with van der Waals surface area (Å²) < 4.78 is 5.19. The first-order chi connectivity index (χ1) is 6.96. The highest BCUT2D eigenvalue weighted by Crippen LogP contribution is 2.38. The maximum absolute atomic E-state index is 5.98. The first-order valence-corrected chi connectivity index (χ1v) is 5.54. The molecule has 1 atom stereocenters. The Morgan fingerprint density at radius 3 is 2.67 bits per heavy atom. The molecular formula is C11H19N3O. The highest BCUT2D eigenvalue weighted by molar-refractivity contribution is 4.99. The Morgan fingerprint density at radius 1 is 1.47 bits per heavy atom. The van der Waals surface area contributed by atoms with Crippen LogP contribution in [0.15, 0.2) is 4.52 Å². The summed E-state index contributed by atoms with van der Waals surface area (Å²) in [6, 6.07) is -0.0498. The van der Waals surface area contributed by atoms with Crippen LogP contribution in [-0.4, -0.2) is 10.1 Å². The topological polar surface area (TPSA) is 64.9 Å². The molecular weight excluding hydrogens is 190 g/mol. The second kappa shape index (κ2) is 3.59. The van der Waals surface area contributed by atoms with Crippen molar-refractivity contribution in [3.8, 4) is 0 Å². The second-order valence-corrected chi connectivity index (χ2v) is 5.65. The molecule has 0 aliphatic heterocycles. The maximum atomic E-state index is 5.98. The van der Waals surface area contributed by atoms with Gasteiger partial charge in [-0.25, -0.2) is 0 Å². The zero-order valence-corrected chi connectivity index (χ0v) is 9.66. The molecule has 0 radical (unpaired) electrons. The van der Waals surface area contributed by atoms with Crippen LogP contribution in [0.5, 0.6) is 0 Å². The van der Waals surface area contributed by atoms with E-state index in [1.807, 2.05) is 0 Å². The molecule has 1 heterocycles. The molecule has 84 valence electrons. The molecule has 4 heteroatoms. The molecule has 4 nitrogen and oxygen atoms in total. The van der Waals surface area contributed by atoms with Crippen LogP contribution >= 0.6 is 0 Å². The molecule has 1 aliphatic carbocycles. The quantitative estimate of drug-likeness (QED) is 0.827. The van der Waals surface area contributed by atoms with E-state index in [4.69, 9.17) is 10.3 Å². The molecule has 2 rings (SSSR count). The summed E-state index contributed by atoms with van der Waals surface area (Å²) in [5.74, 6) is 1.94. The number of nitrogens with zero attached hydrogens (tertiary/aromatic N) is 2. The molecule has 1 saturated carbocycles. The summed E-state index contributed by atoms with van der Waals surface area (Å²) in [6.07, 6.45) is 3.21. The minimum Gasteiger partial charge on any atom is -0.338 e. The van der Waals surface area contributed by atoms with E-state index in [-0.39, 0.29) is 11.5 Å².